The average Bonchev–Trinajstić information content (AvgIpc) is 2.38. The molecule has 0 radical (unpaired) electrons. The molecule has 0 aromatic rings. The molecule has 0 bridgehead atoms. The smallest absolute Gasteiger partial charge is 0.0185 e. The van der Waals surface area contributed by atoms with Crippen molar-refractivity contribution in [3.05, 3.63) is 0 Å². The highest BCUT2D eigenvalue weighted by Crippen LogP contribution is 2.45. The van der Waals surface area contributed by atoms with Crippen molar-refractivity contribution in [3.63, 3.8) is 0 Å². The zero-order valence-corrected chi connectivity index (χ0v) is 13.5. The van der Waals surface area contributed by atoms with Crippen molar-refractivity contribution < 1.29 is 0 Å². The summed E-state index contributed by atoms with van der Waals surface area (Å²) in [6, 6.07) is 0. The van der Waals surface area contributed by atoms with Crippen LogP contribution in [0.15, 0.2) is 0 Å². The average molecular weight is 265 g/mol. The van der Waals surface area contributed by atoms with Crippen molar-refractivity contribution in [1.82, 2.24) is 0 Å². The van der Waals surface area contributed by atoms with E-state index in [1.54, 1.807) is 0 Å². The molecule has 112 valence electrons. The molecule has 2 aliphatic rings. The van der Waals surface area contributed by atoms with E-state index in [2.05, 4.69) is 20.8 Å². The molecule has 0 amide bonds. The van der Waals surface area contributed by atoms with E-state index in [4.69, 9.17) is 5.73 Å². The van der Waals surface area contributed by atoms with E-state index in [1.807, 2.05) is 0 Å². The van der Waals surface area contributed by atoms with Crippen LogP contribution in [0.3, 0.4) is 0 Å². The van der Waals surface area contributed by atoms with Gasteiger partial charge in [0.15, 0.2) is 0 Å². The van der Waals surface area contributed by atoms with Gasteiger partial charge in [-0.2, -0.15) is 0 Å². The Morgan fingerprint density at radius 3 is 2.53 bits per heavy atom. The van der Waals surface area contributed by atoms with E-state index in [-0.39, 0.29) is 5.54 Å². The van der Waals surface area contributed by atoms with Gasteiger partial charge in [0.2, 0.25) is 0 Å². The largest absolute Gasteiger partial charge is 0.325 e. The van der Waals surface area contributed by atoms with E-state index in [9.17, 15) is 0 Å². The lowest BCUT2D eigenvalue weighted by Gasteiger charge is -2.47. The van der Waals surface area contributed by atoms with Gasteiger partial charge in [-0.25, -0.2) is 0 Å². The summed E-state index contributed by atoms with van der Waals surface area (Å²) >= 11 is 0. The van der Waals surface area contributed by atoms with Crippen molar-refractivity contribution in [2.75, 3.05) is 0 Å². The van der Waals surface area contributed by atoms with Crippen LogP contribution in [0.4, 0.5) is 0 Å². The molecule has 0 aliphatic heterocycles. The van der Waals surface area contributed by atoms with Gasteiger partial charge in [0.05, 0.1) is 0 Å². The molecular formula is C18H35N. The van der Waals surface area contributed by atoms with Crippen LogP contribution in [0.2, 0.25) is 0 Å². The van der Waals surface area contributed by atoms with E-state index in [0.717, 1.165) is 23.7 Å². The van der Waals surface area contributed by atoms with Gasteiger partial charge >= 0.3 is 0 Å². The normalized spacial score (nSPS) is 40.6. The first-order valence-corrected chi connectivity index (χ1v) is 8.82. The third kappa shape index (κ3) is 3.97. The van der Waals surface area contributed by atoms with E-state index >= 15 is 0 Å². The zero-order chi connectivity index (χ0) is 13.9. The SMILES string of the molecule is CCC1CCCC(C2(N)CCCC(CC(C)C)C2)C1. The maximum Gasteiger partial charge on any atom is 0.0185 e. The third-order valence-electron chi connectivity index (χ3n) is 5.90. The van der Waals surface area contributed by atoms with Gasteiger partial charge in [-0.05, 0) is 55.8 Å². The summed E-state index contributed by atoms with van der Waals surface area (Å²) in [4.78, 5) is 0. The quantitative estimate of drug-likeness (QED) is 0.748. The van der Waals surface area contributed by atoms with Gasteiger partial charge in [-0.1, -0.05) is 52.9 Å². The highest BCUT2D eigenvalue weighted by Gasteiger charge is 2.41. The summed E-state index contributed by atoms with van der Waals surface area (Å²) in [5, 5.41) is 0. The van der Waals surface area contributed by atoms with Crippen LogP contribution < -0.4 is 5.73 Å². The van der Waals surface area contributed by atoms with Crippen molar-refractivity contribution in [2.45, 2.75) is 90.5 Å². The standard InChI is InChI=1S/C18H35N/c1-4-15-7-5-9-17(12-15)18(19)10-6-8-16(13-18)11-14(2)3/h14-17H,4-13,19H2,1-3H3. The fourth-order valence-corrected chi connectivity index (χ4v) is 4.88. The summed E-state index contributed by atoms with van der Waals surface area (Å²) in [5.41, 5.74) is 7.10. The second-order valence-corrected chi connectivity index (χ2v) is 7.96. The Morgan fingerprint density at radius 1 is 1.11 bits per heavy atom. The summed E-state index contributed by atoms with van der Waals surface area (Å²) in [7, 11) is 0. The monoisotopic (exact) mass is 265 g/mol. The van der Waals surface area contributed by atoms with Crippen molar-refractivity contribution in [2.24, 2.45) is 29.4 Å². The van der Waals surface area contributed by atoms with E-state index in [0.29, 0.717) is 0 Å². The lowest BCUT2D eigenvalue weighted by Crippen LogP contribution is -2.52. The predicted molar refractivity (Wildman–Crippen MR) is 84.1 cm³/mol. The molecule has 0 aromatic heterocycles. The number of rotatable bonds is 4. The number of nitrogens with two attached hydrogens (primary N) is 1. The van der Waals surface area contributed by atoms with Crippen molar-refractivity contribution >= 4 is 0 Å². The van der Waals surface area contributed by atoms with Gasteiger partial charge in [-0.3, -0.25) is 0 Å². The Bertz CT molecular complexity index is 273. The van der Waals surface area contributed by atoms with Crippen LogP contribution in [-0.4, -0.2) is 5.54 Å². The maximum atomic E-state index is 6.92. The highest BCUT2D eigenvalue weighted by atomic mass is 14.8. The fraction of sp³-hybridized carbons (Fsp3) is 1.00. The molecular weight excluding hydrogens is 230 g/mol. The Balaban J connectivity index is 1.96. The number of hydrogen-bond acceptors (Lipinski definition) is 1. The molecule has 2 fully saturated rings. The molecule has 1 heteroatoms. The third-order valence-corrected chi connectivity index (χ3v) is 5.90. The van der Waals surface area contributed by atoms with Gasteiger partial charge in [0.25, 0.3) is 0 Å². The first-order valence-electron chi connectivity index (χ1n) is 8.82. The van der Waals surface area contributed by atoms with Crippen LogP contribution in [0, 0.1) is 23.7 Å². The van der Waals surface area contributed by atoms with Crippen LogP contribution in [-0.2, 0) is 0 Å². The zero-order valence-electron chi connectivity index (χ0n) is 13.5. The minimum atomic E-state index is 0.186. The molecule has 1 nitrogen and oxygen atoms in total. The molecule has 0 spiro atoms. The Labute approximate surface area is 120 Å². The molecule has 4 atom stereocenters. The van der Waals surface area contributed by atoms with Crippen LogP contribution >= 0.6 is 0 Å². The number of hydrogen-bond donors (Lipinski definition) is 1. The van der Waals surface area contributed by atoms with E-state index in [1.165, 1.54) is 64.2 Å². The summed E-state index contributed by atoms with van der Waals surface area (Å²) in [5.74, 6) is 3.52. The van der Waals surface area contributed by atoms with Gasteiger partial charge in [0.1, 0.15) is 0 Å². The Kier molecular flexibility index (Phi) is 5.34. The van der Waals surface area contributed by atoms with Crippen LogP contribution in [0.5, 0.6) is 0 Å². The lowest BCUT2D eigenvalue weighted by atomic mass is 9.62. The van der Waals surface area contributed by atoms with Crippen LogP contribution in [0.1, 0.15) is 85.0 Å². The topological polar surface area (TPSA) is 26.0 Å². The van der Waals surface area contributed by atoms with Crippen molar-refractivity contribution in [1.29, 1.82) is 0 Å². The molecule has 2 rings (SSSR count). The van der Waals surface area contributed by atoms with E-state index < -0.39 is 0 Å². The molecule has 2 aliphatic carbocycles. The second-order valence-electron chi connectivity index (χ2n) is 7.96. The molecule has 2 N–H and O–H groups in total. The maximum absolute atomic E-state index is 6.92. The Hall–Kier alpha value is -0.0400. The summed E-state index contributed by atoms with van der Waals surface area (Å²) in [6.07, 6.45) is 13.9. The van der Waals surface area contributed by atoms with Crippen LogP contribution in [0.25, 0.3) is 0 Å². The van der Waals surface area contributed by atoms with Gasteiger partial charge in [0, 0.05) is 5.54 Å². The summed E-state index contributed by atoms with van der Waals surface area (Å²) in [6.45, 7) is 7.08. The molecule has 0 saturated heterocycles. The molecule has 2 saturated carbocycles. The lowest BCUT2D eigenvalue weighted by molar-refractivity contribution is 0.0935. The Morgan fingerprint density at radius 2 is 1.84 bits per heavy atom. The molecule has 0 heterocycles. The van der Waals surface area contributed by atoms with Gasteiger partial charge < -0.3 is 5.73 Å². The predicted octanol–water partition coefficient (Wildman–Crippen LogP) is 5.14. The summed E-state index contributed by atoms with van der Waals surface area (Å²) < 4.78 is 0. The minimum absolute atomic E-state index is 0.186. The minimum Gasteiger partial charge on any atom is -0.325 e. The fourth-order valence-electron chi connectivity index (χ4n) is 4.88. The molecule has 4 unspecified atom stereocenters. The second kappa shape index (κ2) is 6.61. The van der Waals surface area contributed by atoms with Crippen molar-refractivity contribution in [3.8, 4) is 0 Å². The first kappa shape index (κ1) is 15.4. The van der Waals surface area contributed by atoms with Gasteiger partial charge in [-0.15, -0.1) is 0 Å². The molecule has 19 heavy (non-hydrogen) atoms. The first-order chi connectivity index (χ1) is 9.03. The highest BCUT2D eigenvalue weighted by molar-refractivity contribution is 4.98. The molecule has 0 aromatic carbocycles.